The Bertz CT molecular complexity index is 1180. The summed E-state index contributed by atoms with van der Waals surface area (Å²) in [6.07, 6.45) is 7.17. The van der Waals surface area contributed by atoms with E-state index in [0.717, 1.165) is 30.8 Å². The van der Waals surface area contributed by atoms with Gasteiger partial charge in [-0.3, -0.25) is 0 Å². The van der Waals surface area contributed by atoms with E-state index in [1.807, 2.05) is 0 Å². The Morgan fingerprint density at radius 1 is 1.36 bits per heavy atom. The van der Waals surface area contributed by atoms with Crippen LogP contribution in [0.5, 0.6) is 0 Å². The average Bonchev–Trinajstić information content (AvgIpc) is 3.45. The minimum Gasteiger partial charge on any atom is -0.443 e. The van der Waals surface area contributed by atoms with Gasteiger partial charge in [-0.1, -0.05) is 11.6 Å². The van der Waals surface area contributed by atoms with Gasteiger partial charge >= 0.3 is 6.09 Å². The van der Waals surface area contributed by atoms with Crippen molar-refractivity contribution in [3.8, 4) is 11.4 Å². The molecule has 3 atom stereocenters. The van der Waals surface area contributed by atoms with Gasteiger partial charge in [0.1, 0.15) is 11.2 Å². The molecule has 174 valence electrons. The first kappa shape index (κ1) is 21.8. The fourth-order valence-electron chi connectivity index (χ4n) is 5.04. The van der Waals surface area contributed by atoms with Gasteiger partial charge in [-0.25, -0.2) is 24.1 Å². The third-order valence-electron chi connectivity index (χ3n) is 6.55. The predicted molar refractivity (Wildman–Crippen MR) is 120 cm³/mol. The van der Waals surface area contributed by atoms with Gasteiger partial charge in [0.15, 0.2) is 17.5 Å². The highest BCUT2D eigenvalue weighted by Gasteiger charge is 2.47. The van der Waals surface area contributed by atoms with Crippen molar-refractivity contribution in [1.29, 1.82) is 0 Å². The number of nitrogens with one attached hydrogen (secondary N) is 2. The molecule has 0 bridgehead atoms. The summed E-state index contributed by atoms with van der Waals surface area (Å²) >= 11 is 6.09. The lowest BCUT2D eigenvalue weighted by Crippen LogP contribution is -2.50. The minimum atomic E-state index is -0.801. The molecule has 1 saturated heterocycles. The van der Waals surface area contributed by atoms with E-state index in [9.17, 15) is 9.18 Å². The van der Waals surface area contributed by atoms with E-state index in [1.54, 1.807) is 18.5 Å². The van der Waals surface area contributed by atoms with Crippen LogP contribution in [0.2, 0.25) is 5.02 Å². The highest BCUT2D eigenvalue weighted by Crippen LogP contribution is 2.42. The number of anilines is 1. The highest BCUT2D eigenvalue weighted by atomic mass is 35.5. The van der Waals surface area contributed by atoms with Gasteiger partial charge in [-0.2, -0.15) is 0 Å². The van der Waals surface area contributed by atoms with Gasteiger partial charge in [0, 0.05) is 48.3 Å². The van der Waals surface area contributed by atoms with E-state index in [4.69, 9.17) is 26.8 Å². The van der Waals surface area contributed by atoms with Crippen LogP contribution < -0.4 is 11.1 Å². The van der Waals surface area contributed by atoms with Gasteiger partial charge in [0.25, 0.3) is 0 Å². The number of ether oxygens (including phenoxy) is 2. The van der Waals surface area contributed by atoms with Crippen molar-refractivity contribution in [2.75, 3.05) is 18.5 Å². The minimum absolute atomic E-state index is 0.0591. The fraction of sp³-hybridized carbons (Fsp3) is 0.455. The molecule has 3 aromatic rings. The van der Waals surface area contributed by atoms with E-state index in [0.29, 0.717) is 48.1 Å². The normalized spacial score (nSPS) is 25.3. The third-order valence-corrected chi connectivity index (χ3v) is 6.75. The third kappa shape index (κ3) is 4.32. The van der Waals surface area contributed by atoms with Crippen molar-refractivity contribution in [3.63, 3.8) is 0 Å². The number of carbonyl (C=O) groups is 1. The zero-order chi connectivity index (χ0) is 23.0. The second-order valence-electron chi connectivity index (χ2n) is 8.63. The number of primary amides is 1. The van der Waals surface area contributed by atoms with Crippen LogP contribution in [0.15, 0.2) is 24.7 Å². The molecular weight excluding hydrogens is 451 g/mol. The first-order valence-electron chi connectivity index (χ1n) is 10.9. The molecule has 1 saturated carbocycles. The van der Waals surface area contributed by atoms with Crippen molar-refractivity contribution in [3.05, 3.63) is 35.5 Å². The van der Waals surface area contributed by atoms with Gasteiger partial charge in [0.2, 0.25) is 0 Å². The first-order chi connectivity index (χ1) is 15.9. The van der Waals surface area contributed by atoms with Crippen LogP contribution in [0.3, 0.4) is 0 Å². The molecule has 0 radical (unpaired) electrons. The summed E-state index contributed by atoms with van der Waals surface area (Å²) in [4.78, 5) is 27.6. The lowest BCUT2D eigenvalue weighted by atomic mass is 9.73. The smallest absolute Gasteiger partial charge is 0.405 e. The lowest BCUT2D eigenvalue weighted by molar-refractivity contribution is -0.0612. The molecule has 9 nitrogen and oxygen atoms in total. The Hall–Kier alpha value is -2.98. The number of fused-ring (bicyclic) bond motifs is 1. The SMILES string of the molecule is NC(=O)O[C@]1([C@H]2CCOC2)CCC[C@H](Nc2nc(-c3c[nH]c4ncc(Cl)cc34)ncc2F)C1. The summed E-state index contributed by atoms with van der Waals surface area (Å²) in [6.45, 7) is 1.14. The summed E-state index contributed by atoms with van der Waals surface area (Å²) in [5, 5.41) is 4.43. The van der Waals surface area contributed by atoms with Crippen molar-refractivity contribution >= 4 is 34.5 Å². The van der Waals surface area contributed by atoms with Crippen molar-refractivity contribution in [1.82, 2.24) is 19.9 Å². The largest absolute Gasteiger partial charge is 0.443 e. The van der Waals surface area contributed by atoms with Crippen molar-refractivity contribution in [2.45, 2.75) is 43.7 Å². The number of hydrogen-bond donors (Lipinski definition) is 3. The molecule has 1 aliphatic carbocycles. The molecule has 1 aliphatic heterocycles. The number of nitrogens with zero attached hydrogens (tertiary/aromatic N) is 3. The standard InChI is InChI=1S/C22H24ClFN6O3/c23-13-6-15-16(9-27-18(15)26-8-13)19-28-10-17(24)20(30-19)29-14-2-1-4-22(7-14,33-21(25)31)12-3-5-32-11-12/h6,8-10,12,14H,1-5,7,11H2,(H2,25,31)(H,26,27)(H,28,29,30)/t12-,14-,22+/m0/s1. The number of rotatable bonds is 5. The maximum atomic E-state index is 14.7. The van der Waals surface area contributed by atoms with E-state index < -0.39 is 17.5 Å². The van der Waals surface area contributed by atoms with Crippen LogP contribution in [0.4, 0.5) is 15.0 Å². The lowest BCUT2D eigenvalue weighted by Gasteiger charge is -2.43. The maximum Gasteiger partial charge on any atom is 0.405 e. The summed E-state index contributed by atoms with van der Waals surface area (Å²) in [6, 6.07) is 1.60. The molecule has 1 amide bonds. The molecule has 0 aromatic carbocycles. The van der Waals surface area contributed by atoms with E-state index in [2.05, 4.69) is 25.3 Å². The summed E-state index contributed by atoms with van der Waals surface area (Å²) in [5.74, 6) is -0.0735. The Morgan fingerprint density at radius 3 is 3.03 bits per heavy atom. The molecule has 3 aromatic heterocycles. The summed E-state index contributed by atoms with van der Waals surface area (Å²) < 4.78 is 25.9. The van der Waals surface area contributed by atoms with Crippen LogP contribution in [0, 0.1) is 11.7 Å². The summed E-state index contributed by atoms with van der Waals surface area (Å²) in [5.41, 5.74) is 5.98. The van der Waals surface area contributed by atoms with Gasteiger partial charge < -0.3 is 25.5 Å². The summed E-state index contributed by atoms with van der Waals surface area (Å²) in [7, 11) is 0. The molecule has 2 fully saturated rings. The molecule has 33 heavy (non-hydrogen) atoms. The van der Waals surface area contributed by atoms with Gasteiger partial charge in [-0.15, -0.1) is 0 Å². The predicted octanol–water partition coefficient (Wildman–Crippen LogP) is 4.04. The molecule has 11 heteroatoms. The number of aromatic nitrogens is 4. The molecule has 2 aliphatic rings. The molecule has 4 heterocycles. The molecule has 0 spiro atoms. The Labute approximate surface area is 194 Å². The van der Waals surface area contributed by atoms with Crippen LogP contribution in [0.25, 0.3) is 22.4 Å². The number of halogens is 2. The number of nitrogens with two attached hydrogens (primary N) is 1. The number of amides is 1. The quantitative estimate of drug-likeness (QED) is 0.509. The van der Waals surface area contributed by atoms with E-state index in [-0.39, 0.29) is 17.8 Å². The first-order valence-corrected chi connectivity index (χ1v) is 11.3. The number of carbonyl (C=O) groups excluding carboxylic acids is 1. The highest BCUT2D eigenvalue weighted by molar-refractivity contribution is 6.31. The Morgan fingerprint density at radius 2 is 2.24 bits per heavy atom. The van der Waals surface area contributed by atoms with E-state index >= 15 is 0 Å². The van der Waals surface area contributed by atoms with Crippen LogP contribution >= 0.6 is 11.6 Å². The molecule has 5 rings (SSSR count). The monoisotopic (exact) mass is 474 g/mol. The molecular formula is C22H24ClFN6O3. The van der Waals surface area contributed by atoms with Gasteiger partial charge in [0.05, 0.1) is 17.8 Å². The average molecular weight is 475 g/mol. The van der Waals surface area contributed by atoms with Gasteiger partial charge in [-0.05, 0) is 31.7 Å². The Balaban J connectivity index is 1.42. The number of aromatic amines is 1. The zero-order valence-electron chi connectivity index (χ0n) is 17.8. The number of H-pyrrole nitrogens is 1. The Kier molecular flexibility index (Phi) is 5.79. The number of pyridine rings is 1. The fourth-order valence-corrected chi connectivity index (χ4v) is 5.20. The van der Waals surface area contributed by atoms with Crippen LogP contribution in [0.1, 0.15) is 32.1 Å². The van der Waals surface area contributed by atoms with Crippen LogP contribution in [-0.2, 0) is 9.47 Å². The maximum absolute atomic E-state index is 14.7. The van der Waals surface area contributed by atoms with E-state index in [1.165, 1.54) is 0 Å². The molecule has 4 N–H and O–H groups in total. The zero-order valence-corrected chi connectivity index (χ0v) is 18.6. The van der Waals surface area contributed by atoms with Crippen molar-refractivity contribution < 1.29 is 18.7 Å². The van der Waals surface area contributed by atoms with Crippen LogP contribution in [-0.4, -0.2) is 50.9 Å². The number of hydrogen-bond acceptors (Lipinski definition) is 7. The topological polar surface area (TPSA) is 128 Å². The second kappa shape index (κ2) is 8.75. The second-order valence-corrected chi connectivity index (χ2v) is 9.06. The molecule has 0 unspecified atom stereocenters. The van der Waals surface area contributed by atoms with Crippen molar-refractivity contribution in [2.24, 2.45) is 11.7 Å².